The van der Waals surface area contributed by atoms with Gasteiger partial charge in [0, 0.05) is 110 Å². The summed E-state index contributed by atoms with van der Waals surface area (Å²) in [6.07, 6.45) is 0. The fourth-order valence-electron chi connectivity index (χ4n) is 0. The van der Waals surface area contributed by atoms with Gasteiger partial charge in [-0.25, -0.2) is 0 Å². The van der Waals surface area contributed by atoms with Crippen LogP contribution in [0.15, 0.2) is 0 Å². The van der Waals surface area contributed by atoms with E-state index in [1.807, 2.05) is 0 Å². The van der Waals surface area contributed by atoms with Gasteiger partial charge in [-0.3, -0.25) is 0 Å². The van der Waals surface area contributed by atoms with Gasteiger partial charge in [-0.1, -0.05) is 0 Å². The van der Waals surface area contributed by atoms with E-state index in [1.54, 1.807) is 0 Å². The van der Waals surface area contributed by atoms with E-state index in [4.69, 9.17) is 0 Å². The van der Waals surface area contributed by atoms with Crippen molar-refractivity contribution in [3.8, 4) is 0 Å². The Balaban J connectivity index is 0. The summed E-state index contributed by atoms with van der Waals surface area (Å²) in [6.45, 7) is 0. The van der Waals surface area contributed by atoms with E-state index in [2.05, 4.69) is 0 Å². The minimum atomic E-state index is 0. The Morgan fingerprint density at radius 3 is 1.00 bits per heavy atom. The van der Waals surface area contributed by atoms with Crippen LogP contribution in [0.5, 0.6) is 0 Å². The normalized spacial score (nSPS) is 0. The van der Waals surface area contributed by atoms with Crippen LogP contribution in [0.3, 0.4) is 0 Å². The Labute approximate surface area is 108 Å². The SMILES string of the molecule is [Co].[Fe].[Mn].[Ni].[Ti].[W]. The Morgan fingerprint density at radius 1 is 1.00 bits per heavy atom. The molecule has 0 saturated carbocycles. The second-order valence-corrected chi connectivity index (χ2v) is 0. The van der Waals surface area contributed by atoms with Crippen LogP contribution < -0.4 is 0 Å². The third-order valence-corrected chi connectivity index (χ3v) is 0. The van der Waals surface area contributed by atoms with Gasteiger partial charge in [0.1, 0.15) is 0 Å². The Morgan fingerprint density at radius 2 is 1.00 bits per heavy atom. The van der Waals surface area contributed by atoms with Gasteiger partial charge in [0.25, 0.3) is 0 Å². The standard InChI is InChI=1S/Co.Fe.Mn.Ni.Ti.W. The van der Waals surface area contributed by atoms with E-state index in [0.717, 1.165) is 0 Å². The first-order valence-corrected chi connectivity index (χ1v) is 0. The van der Waals surface area contributed by atoms with Gasteiger partial charge in [-0.2, -0.15) is 0 Å². The fraction of sp³-hybridized carbons (Fsp3) is 0. The summed E-state index contributed by atoms with van der Waals surface area (Å²) in [5.41, 5.74) is 0. The fourth-order valence-corrected chi connectivity index (χ4v) is 0. The Bertz CT molecular complexity index is 15.5. The van der Waals surface area contributed by atoms with Gasteiger partial charge < -0.3 is 0 Å². The molecule has 0 spiro atoms. The summed E-state index contributed by atoms with van der Waals surface area (Å²) in [5.74, 6) is 0. The number of hydrogen-bond acceptors (Lipinski definition) is 0. The second kappa shape index (κ2) is 39.5. The van der Waals surface area contributed by atoms with Gasteiger partial charge in [0.15, 0.2) is 0 Å². The third-order valence-electron chi connectivity index (χ3n) is 0. The van der Waals surface area contributed by atoms with Crippen molar-refractivity contribution in [1.82, 2.24) is 0 Å². The van der Waals surface area contributed by atoms with Gasteiger partial charge in [-0.15, -0.1) is 0 Å². The molecule has 6 heteroatoms. The summed E-state index contributed by atoms with van der Waals surface area (Å²) >= 11 is 0. The van der Waals surface area contributed by atoms with Crippen LogP contribution in [0, 0.1) is 0 Å². The molecule has 0 rings (SSSR count). The topological polar surface area (TPSA) is 0 Å². The van der Waals surface area contributed by atoms with E-state index in [9.17, 15) is 0 Å². The van der Waals surface area contributed by atoms with Crippen molar-refractivity contribution in [2.75, 3.05) is 0 Å². The van der Waals surface area contributed by atoms with Crippen LogP contribution in [0.2, 0.25) is 0 Å². The zero-order chi connectivity index (χ0) is 0. The van der Waals surface area contributed by atoms with Crippen molar-refractivity contribution in [2.45, 2.75) is 0 Å². The molecule has 0 aliphatic rings. The van der Waals surface area contributed by atoms with Crippen molar-refractivity contribution in [3.05, 3.63) is 0 Å². The third kappa shape index (κ3) is 26.1. The largest absolute Gasteiger partial charge is 0 e. The predicted octanol–water partition coefficient (Wildman–Crippen LogP) is -0.0150. The second-order valence-electron chi connectivity index (χ2n) is 0. The summed E-state index contributed by atoms with van der Waals surface area (Å²) < 4.78 is 0. The molecule has 0 bridgehead atoms. The quantitative estimate of drug-likeness (QED) is 0.447. The van der Waals surface area contributed by atoms with Gasteiger partial charge >= 0.3 is 0 Å². The Kier molecular flexibility index (Phi) is 374. The maximum absolute atomic E-state index is 0. The summed E-state index contributed by atoms with van der Waals surface area (Å²) in [5, 5.41) is 0. The van der Waals surface area contributed by atoms with Crippen molar-refractivity contribution in [1.29, 1.82) is 0 Å². The van der Waals surface area contributed by atoms with E-state index < -0.39 is 0 Å². The van der Waals surface area contributed by atoms with Crippen LogP contribution >= 0.6 is 0 Å². The average Bonchev–Trinajstić information content (AvgIpc) is 0. The van der Waals surface area contributed by atoms with Crippen LogP contribution in [0.1, 0.15) is 0 Å². The van der Waals surface area contributed by atoms with E-state index in [-0.39, 0.29) is 110 Å². The molecule has 0 aliphatic carbocycles. The minimum Gasteiger partial charge on any atom is 0 e. The summed E-state index contributed by atoms with van der Waals surface area (Å²) in [7, 11) is 0. The molecule has 0 N–H and O–H groups in total. The molecule has 0 aromatic carbocycles. The molecule has 0 atom stereocenters. The molecule has 0 aliphatic heterocycles. The number of rotatable bonds is 0. The van der Waals surface area contributed by atoms with Crippen molar-refractivity contribution < 1.29 is 110 Å². The monoisotopic (exact) mass is 460 g/mol. The first kappa shape index (κ1) is 56.8. The maximum atomic E-state index is 0. The van der Waals surface area contributed by atoms with Gasteiger partial charge in [0.05, 0.1) is 0 Å². The first-order chi connectivity index (χ1) is 0. The first-order valence-electron chi connectivity index (χ1n) is 0. The molecule has 0 amide bonds. The van der Waals surface area contributed by atoms with E-state index >= 15 is 0 Å². The van der Waals surface area contributed by atoms with Crippen molar-refractivity contribution in [2.24, 2.45) is 0 Å². The summed E-state index contributed by atoms with van der Waals surface area (Å²) in [4.78, 5) is 0. The Hall–Kier alpha value is 3.44. The van der Waals surface area contributed by atoms with Crippen molar-refractivity contribution >= 4 is 0 Å². The van der Waals surface area contributed by atoms with Gasteiger partial charge in [-0.05, 0) is 0 Å². The molecule has 0 nitrogen and oxygen atoms in total. The van der Waals surface area contributed by atoms with E-state index in [0.29, 0.717) is 0 Å². The molecule has 0 fully saturated rings. The molecule has 6 heavy (non-hydrogen) atoms. The molecule has 0 aromatic rings. The molecule has 0 unspecified atom stereocenters. The minimum absolute atomic E-state index is 0. The average molecular weight is 460 g/mol. The van der Waals surface area contributed by atoms with Crippen LogP contribution in [0.4, 0.5) is 0 Å². The van der Waals surface area contributed by atoms with E-state index in [1.165, 1.54) is 0 Å². The molecule has 2 radical (unpaired) electrons. The van der Waals surface area contributed by atoms with Crippen LogP contribution in [-0.2, 0) is 110 Å². The molecule has 0 aromatic heterocycles. The molecule has 0 heterocycles. The number of hydrogen-bond donors (Lipinski definition) is 0. The molecule has 0 saturated heterocycles. The van der Waals surface area contributed by atoms with Crippen molar-refractivity contribution in [3.63, 3.8) is 0 Å². The summed E-state index contributed by atoms with van der Waals surface area (Å²) in [6, 6.07) is 0. The molecule has 44 valence electrons. The molecular formula is CoFeMnNiTiW. The predicted molar refractivity (Wildman–Crippen MR) is 0 cm³/mol. The zero-order valence-electron chi connectivity index (χ0n) is 2.29. The molecular weight excluding hydrogens is 460 g/mol. The smallest absolute Gasteiger partial charge is 0 e. The zero-order valence-corrected chi connectivity index (χ0v) is 11.1. The van der Waals surface area contributed by atoms with Crippen LogP contribution in [0.25, 0.3) is 0 Å². The van der Waals surface area contributed by atoms with Crippen LogP contribution in [-0.4, -0.2) is 0 Å². The van der Waals surface area contributed by atoms with Gasteiger partial charge in [0.2, 0.25) is 0 Å². The maximum Gasteiger partial charge on any atom is 0 e.